The predicted molar refractivity (Wildman–Crippen MR) is 80.6 cm³/mol. The van der Waals surface area contributed by atoms with Crippen LogP contribution in [0.1, 0.15) is 40.3 Å². The summed E-state index contributed by atoms with van der Waals surface area (Å²) < 4.78 is 7.41. The SMILES string of the molecule is CCn1cccc1CNCC(C)NC(=O)OC(C)(C)C. The maximum Gasteiger partial charge on any atom is 0.407 e. The lowest BCUT2D eigenvalue weighted by molar-refractivity contribution is 0.0508. The summed E-state index contributed by atoms with van der Waals surface area (Å²) in [5.74, 6) is 0. The van der Waals surface area contributed by atoms with E-state index < -0.39 is 5.60 Å². The fourth-order valence-corrected chi connectivity index (χ4v) is 1.89. The standard InChI is InChI=1S/C15H27N3O2/c1-6-18-9-7-8-13(18)11-16-10-12(2)17-14(19)20-15(3,4)5/h7-9,12,16H,6,10-11H2,1-5H3,(H,17,19). The number of alkyl carbamates (subject to hydrolysis) is 1. The molecule has 1 aromatic heterocycles. The maximum absolute atomic E-state index is 11.6. The van der Waals surface area contributed by atoms with Gasteiger partial charge in [-0.1, -0.05) is 0 Å². The molecule has 5 nitrogen and oxygen atoms in total. The van der Waals surface area contributed by atoms with Gasteiger partial charge in [0.05, 0.1) is 0 Å². The Balaban J connectivity index is 2.26. The molecule has 0 aliphatic rings. The molecule has 0 aromatic carbocycles. The van der Waals surface area contributed by atoms with Crippen LogP contribution in [-0.2, 0) is 17.8 Å². The smallest absolute Gasteiger partial charge is 0.407 e. The molecule has 0 saturated carbocycles. The number of nitrogens with zero attached hydrogens (tertiary/aromatic N) is 1. The molecule has 20 heavy (non-hydrogen) atoms. The van der Waals surface area contributed by atoms with Gasteiger partial charge in [0.15, 0.2) is 0 Å². The summed E-state index contributed by atoms with van der Waals surface area (Å²) in [6.07, 6.45) is 1.70. The summed E-state index contributed by atoms with van der Waals surface area (Å²) >= 11 is 0. The van der Waals surface area contributed by atoms with E-state index in [9.17, 15) is 4.79 Å². The first-order valence-electron chi connectivity index (χ1n) is 7.16. The molecule has 0 saturated heterocycles. The van der Waals surface area contributed by atoms with Gasteiger partial charge in [0.1, 0.15) is 5.60 Å². The van der Waals surface area contributed by atoms with E-state index in [0.29, 0.717) is 6.54 Å². The number of hydrogen-bond donors (Lipinski definition) is 2. The lowest BCUT2D eigenvalue weighted by Crippen LogP contribution is -2.42. The van der Waals surface area contributed by atoms with E-state index in [4.69, 9.17) is 4.74 Å². The van der Waals surface area contributed by atoms with Crippen LogP contribution < -0.4 is 10.6 Å². The van der Waals surface area contributed by atoms with Crippen LogP contribution in [0.5, 0.6) is 0 Å². The van der Waals surface area contributed by atoms with Crippen LogP contribution in [0.2, 0.25) is 0 Å². The molecule has 0 bridgehead atoms. The van der Waals surface area contributed by atoms with Crippen molar-refractivity contribution in [2.24, 2.45) is 0 Å². The molecule has 0 radical (unpaired) electrons. The van der Waals surface area contributed by atoms with Gasteiger partial charge in [0, 0.05) is 37.6 Å². The lowest BCUT2D eigenvalue weighted by atomic mass is 10.2. The zero-order valence-electron chi connectivity index (χ0n) is 13.2. The van der Waals surface area contributed by atoms with E-state index in [-0.39, 0.29) is 12.1 Å². The summed E-state index contributed by atoms with van der Waals surface area (Å²) in [5.41, 5.74) is 0.788. The molecule has 1 heterocycles. The van der Waals surface area contributed by atoms with E-state index in [1.807, 2.05) is 33.8 Å². The number of carbonyl (C=O) groups excluding carboxylic acids is 1. The van der Waals surface area contributed by atoms with Crippen molar-refractivity contribution in [2.45, 2.75) is 59.4 Å². The Hall–Kier alpha value is -1.49. The Morgan fingerprint density at radius 1 is 1.45 bits per heavy atom. The average molecular weight is 281 g/mol. The Morgan fingerprint density at radius 2 is 2.15 bits per heavy atom. The van der Waals surface area contributed by atoms with Gasteiger partial charge in [-0.2, -0.15) is 0 Å². The van der Waals surface area contributed by atoms with Crippen molar-refractivity contribution in [1.82, 2.24) is 15.2 Å². The number of carbonyl (C=O) groups is 1. The molecule has 5 heteroatoms. The summed E-state index contributed by atoms with van der Waals surface area (Å²) in [7, 11) is 0. The molecular weight excluding hydrogens is 254 g/mol. The van der Waals surface area contributed by atoms with E-state index in [1.165, 1.54) is 5.69 Å². The molecule has 1 amide bonds. The van der Waals surface area contributed by atoms with Crippen molar-refractivity contribution >= 4 is 6.09 Å². The molecule has 2 N–H and O–H groups in total. The largest absolute Gasteiger partial charge is 0.444 e. The number of rotatable bonds is 6. The third-order valence-electron chi connectivity index (χ3n) is 2.78. The highest BCUT2D eigenvalue weighted by molar-refractivity contribution is 5.68. The van der Waals surface area contributed by atoms with Gasteiger partial charge in [0.2, 0.25) is 0 Å². The fraction of sp³-hybridized carbons (Fsp3) is 0.667. The topological polar surface area (TPSA) is 55.3 Å². The van der Waals surface area contributed by atoms with Crippen LogP contribution in [0.15, 0.2) is 18.3 Å². The van der Waals surface area contributed by atoms with Crippen molar-refractivity contribution in [3.8, 4) is 0 Å². The Kier molecular flexibility index (Phi) is 6.07. The zero-order chi connectivity index (χ0) is 15.2. The predicted octanol–water partition coefficient (Wildman–Crippen LogP) is 2.51. The van der Waals surface area contributed by atoms with Crippen molar-refractivity contribution < 1.29 is 9.53 Å². The Labute approximate surface area is 121 Å². The van der Waals surface area contributed by atoms with Gasteiger partial charge in [-0.15, -0.1) is 0 Å². The molecule has 0 aliphatic carbocycles. The van der Waals surface area contributed by atoms with Crippen LogP contribution in [0.3, 0.4) is 0 Å². The molecule has 1 unspecified atom stereocenters. The van der Waals surface area contributed by atoms with E-state index >= 15 is 0 Å². The number of aryl methyl sites for hydroxylation is 1. The monoisotopic (exact) mass is 281 g/mol. The number of amides is 1. The maximum atomic E-state index is 11.6. The summed E-state index contributed by atoms with van der Waals surface area (Å²) in [5, 5.41) is 6.15. The second-order valence-electron chi connectivity index (χ2n) is 5.96. The van der Waals surface area contributed by atoms with Crippen LogP contribution in [0.4, 0.5) is 4.79 Å². The Morgan fingerprint density at radius 3 is 2.75 bits per heavy atom. The van der Waals surface area contributed by atoms with E-state index in [1.54, 1.807) is 0 Å². The van der Waals surface area contributed by atoms with Crippen molar-refractivity contribution in [1.29, 1.82) is 0 Å². The van der Waals surface area contributed by atoms with E-state index in [2.05, 4.69) is 34.4 Å². The quantitative estimate of drug-likeness (QED) is 0.842. The number of hydrogen-bond acceptors (Lipinski definition) is 3. The second-order valence-corrected chi connectivity index (χ2v) is 5.96. The molecular formula is C15H27N3O2. The Bertz CT molecular complexity index is 421. The highest BCUT2D eigenvalue weighted by Crippen LogP contribution is 2.06. The van der Waals surface area contributed by atoms with Crippen molar-refractivity contribution in [3.05, 3.63) is 24.0 Å². The molecule has 0 spiro atoms. The first kappa shape index (κ1) is 16.6. The zero-order valence-corrected chi connectivity index (χ0v) is 13.2. The van der Waals surface area contributed by atoms with Crippen LogP contribution >= 0.6 is 0 Å². The molecule has 1 aromatic rings. The fourth-order valence-electron chi connectivity index (χ4n) is 1.89. The van der Waals surface area contributed by atoms with Crippen LogP contribution in [0.25, 0.3) is 0 Å². The second kappa shape index (κ2) is 7.33. The van der Waals surface area contributed by atoms with Gasteiger partial charge in [-0.25, -0.2) is 4.79 Å². The minimum atomic E-state index is -0.459. The van der Waals surface area contributed by atoms with Crippen LogP contribution in [-0.4, -0.2) is 28.8 Å². The normalized spacial score (nSPS) is 13.1. The molecule has 0 fully saturated rings. The molecule has 114 valence electrons. The first-order chi connectivity index (χ1) is 9.31. The summed E-state index contributed by atoms with van der Waals surface area (Å²) in [6, 6.07) is 4.17. The van der Waals surface area contributed by atoms with Gasteiger partial charge in [-0.3, -0.25) is 0 Å². The molecule has 1 rings (SSSR count). The van der Waals surface area contributed by atoms with Crippen LogP contribution in [0, 0.1) is 0 Å². The molecule has 1 atom stereocenters. The minimum Gasteiger partial charge on any atom is -0.444 e. The van der Waals surface area contributed by atoms with Gasteiger partial charge in [-0.05, 0) is 46.8 Å². The average Bonchev–Trinajstić information content (AvgIpc) is 2.73. The highest BCUT2D eigenvalue weighted by Gasteiger charge is 2.17. The molecule has 0 aliphatic heterocycles. The lowest BCUT2D eigenvalue weighted by Gasteiger charge is -2.22. The first-order valence-corrected chi connectivity index (χ1v) is 7.16. The van der Waals surface area contributed by atoms with E-state index in [0.717, 1.165) is 13.1 Å². The van der Waals surface area contributed by atoms with Gasteiger partial charge in [0.25, 0.3) is 0 Å². The minimum absolute atomic E-state index is 0.0230. The number of nitrogens with one attached hydrogen (secondary N) is 2. The van der Waals surface area contributed by atoms with Gasteiger partial charge < -0.3 is 19.9 Å². The third kappa shape index (κ3) is 6.10. The third-order valence-corrected chi connectivity index (χ3v) is 2.78. The highest BCUT2D eigenvalue weighted by atomic mass is 16.6. The number of aromatic nitrogens is 1. The van der Waals surface area contributed by atoms with Crippen molar-refractivity contribution in [2.75, 3.05) is 6.54 Å². The van der Waals surface area contributed by atoms with Crippen molar-refractivity contribution in [3.63, 3.8) is 0 Å². The number of ether oxygens (including phenoxy) is 1. The van der Waals surface area contributed by atoms with Gasteiger partial charge >= 0.3 is 6.09 Å². The summed E-state index contributed by atoms with van der Waals surface area (Å²) in [4.78, 5) is 11.6. The summed E-state index contributed by atoms with van der Waals surface area (Å²) in [6.45, 7) is 12.1.